The molecule has 0 aliphatic rings. The van der Waals surface area contributed by atoms with Crippen molar-refractivity contribution in [3.05, 3.63) is 87.7 Å². The Hall–Kier alpha value is -3.81. The van der Waals surface area contributed by atoms with E-state index in [1.54, 1.807) is 30.5 Å². The van der Waals surface area contributed by atoms with Gasteiger partial charge in [-0.15, -0.1) is 0 Å². The van der Waals surface area contributed by atoms with Gasteiger partial charge in [-0.3, -0.25) is 4.98 Å². The molecule has 0 saturated carbocycles. The largest absolute Gasteiger partial charge is 0.489 e. The van der Waals surface area contributed by atoms with Crippen LogP contribution in [0.5, 0.6) is 5.75 Å². The molecule has 2 heterocycles. The van der Waals surface area contributed by atoms with Gasteiger partial charge in [0.1, 0.15) is 23.9 Å². The molecule has 0 amide bonds. The van der Waals surface area contributed by atoms with E-state index in [-0.39, 0.29) is 12.4 Å². The maximum absolute atomic E-state index is 14.0. The molecule has 8 heteroatoms. The van der Waals surface area contributed by atoms with Crippen LogP contribution in [0.3, 0.4) is 0 Å². The SMILES string of the molecule is Cc1cc(-c2ncccc2F)ccc1OCc1c(C)cccc1-n1nn[nH]c1=O. The lowest BCUT2D eigenvalue weighted by atomic mass is 10.1. The van der Waals surface area contributed by atoms with Crippen LogP contribution in [0.4, 0.5) is 4.39 Å². The van der Waals surface area contributed by atoms with Gasteiger partial charge in [-0.25, -0.2) is 14.3 Å². The topological polar surface area (TPSA) is 85.7 Å². The number of hydrogen-bond acceptors (Lipinski definition) is 5. The number of ether oxygens (including phenoxy) is 1. The van der Waals surface area contributed by atoms with Gasteiger partial charge in [0.2, 0.25) is 0 Å². The molecule has 0 bridgehead atoms. The first-order valence-electron chi connectivity index (χ1n) is 8.98. The van der Waals surface area contributed by atoms with Crippen LogP contribution < -0.4 is 10.4 Å². The molecule has 0 saturated heterocycles. The number of pyridine rings is 1. The van der Waals surface area contributed by atoms with Crippen molar-refractivity contribution >= 4 is 0 Å². The van der Waals surface area contributed by atoms with Gasteiger partial charge in [0, 0.05) is 17.3 Å². The number of nitrogens with zero attached hydrogens (tertiary/aromatic N) is 4. The fourth-order valence-corrected chi connectivity index (χ4v) is 3.14. The lowest BCUT2D eigenvalue weighted by molar-refractivity contribution is 0.302. The van der Waals surface area contributed by atoms with Crippen molar-refractivity contribution in [2.24, 2.45) is 0 Å². The molecular weight excluding hydrogens is 373 g/mol. The van der Waals surface area contributed by atoms with E-state index < -0.39 is 5.69 Å². The van der Waals surface area contributed by atoms with Crippen LogP contribution in [0.25, 0.3) is 16.9 Å². The van der Waals surface area contributed by atoms with Crippen LogP contribution in [-0.4, -0.2) is 25.2 Å². The van der Waals surface area contributed by atoms with Gasteiger partial charge < -0.3 is 4.74 Å². The monoisotopic (exact) mass is 391 g/mol. The molecule has 2 aromatic carbocycles. The van der Waals surface area contributed by atoms with Gasteiger partial charge in [-0.1, -0.05) is 12.1 Å². The molecule has 7 nitrogen and oxygen atoms in total. The van der Waals surface area contributed by atoms with E-state index >= 15 is 0 Å². The lowest BCUT2D eigenvalue weighted by Gasteiger charge is -2.15. The van der Waals surface area contributed by atoms with Crippen LogP contribution in [0, 0.1) is 19.7 Å². The Morgan fingerprint density at radius 2 is 1.97 bits per heavy atom. The minimum absolute atomic E-state index is 0.236. The zero-order chi connectivity index (χ0) is 20.4. The molecule has 0 aliphatic carbocycles. The van der Waals surface area contributed by atoms with E-state index in [4.69, 9.17) is 4.74 Å². The van der Waals surface area contributed by atoms with Crippen molar-refractivity contribution in [1.82, 2.24) is 25.2 Å². The summed E-state index contributed by atoms with van der Waals surface area (Å²) in [6.45, 7) is 4.06. The molecule has 0 fully saturated rings. The number of hydrogen-bond donors (Lipinski definition) is 1. The van der Waals surface area contributed by atoms with Crippen molar-refractivity contribution in [3.63, 3.8) is 0 Å². The maximum Gasteiger partial charge on any atom is 0.365 e. The quantitative estimate of drug-likeness (QED) is 0.564. The number of aromatic nitrogens is 5. The summed E-state index contributed by atoms with van der Waals surface area (Å²) < 4.78 is 21.2. The van der Waals surface area contributed by atoms with Gasteiger partial charge in [0.05, 0.1) is 5.69 Å². The number of benzene rings is 2. The van der Waals surface area contributed by atoms with Crippen LogP contribution >= 0.6 is 0 Å². The summed E-state index contributed by atoms with van der Waals surface area (Å²) in [5.41, 5.74) is 3.79. The normalized spacial score (nSPS) is 10.9. The second-order valence-electron chi connectivity index (χ2n) is 6.59. The number of aromatic amines is 1. The predicted octanol–water partition coefficient (Wildman–Crippen LogP) is 3.35. The Balaban J connectivity index is 1.62. The Morgan fingerprint density at radius 1 is 1.10 bits per heavy atom. The van der Waals surface area contributed by atoms with E-state index in [0.717, 1.165) is 16.7 Å². The highest BCUT2D eigenvalue weighted by atomic mass is 19.1. The molecule has 0 radical (unpaired) electrons. The van der Waals surface area contributed by atoms with Gasteiger partial charge in [-0.2, -0.15) is 4.68 Å². The fraction of sp³-hybridized carbons (Fsp3) is 0.143. The van der Waals surface area contributed by atoms with Crippen LogP contribution in [0.2, 0.25) is 0 Å². The van der Waals surface area contributed by atoms with E-state index in [1.807, 2.05) is 32.0 Å². The number of nitrogens with one attached hydrogen (secondary N) is 1. The minimum Gasteiger partial charge on any atom is -0.489 e. The molecule has 0 atom stereocenters. The van der Waals surface area contributed by atoms with Crippen molar-refractivity contribution in [2.45, 2.75) is 20.5 Å². The number of aryl methyl sites for hydroxylation is 2. The van der Waals surface area contributed by atoms with E-state index in [2.05, 4.69) is 20.5 Å². The van der Waals surface area contributed by atoms with Gasteiger partial charge in [0.15, 0.2) is 0 Å². The zero-order valence-electron chi connectivity index (χ0n) is 15.9. The third kappa shape index (κ3) is 3.64. The first kappa shape index (κ1) is 18.5. The molecule has 4 aromatic rings. The standard InChI is InChI=1S/C21H18FN5O2/c1-13-5-3-7-18(27-21(28)24-25-26-27)16(13)12-29-19-9-8-15(11-14(19)2)20-17(22)6-4-10-23-20/h3-11H,12H2,1-2H3,(H,24,26,28). The maximum atomic E-state index is 14.0. The third-order valence-electron chi connectivity index (χ3n) is 4.66. The summed E-state index contributed by atoms with van der Waals surface area (Å²) in [4.78, 5) is 16.0. The highest BCUT2D eigenvalue weighted by Gasteiger charge is 2.13. The summed E-state index contributed by atoms with van der Waals surface area (Å²) in [5, 5.41) is 9.65. The first-order valence-corrected chi connectivity index (χ1v) is 8.98. The smallest absolute Gasteiger partial charge is 0.365 e. The van der Waals surface area contributed by atoms with E-state index in [0.29, 0.717) is 22.7 Å². The van der Waals surface area contributed by atoms with Gasteiger partial charge in [-0.05, 0) is 71.8 Å². The van der Waals surface area contributed by atoms with E-state index in [9.17, 15) is 9.18 Å². The van der Waals surface area contributed by atoms with Crippen molar-refractivity contribution in [1.29, 1.82) is 0 Å². The first-order chi connectivity index (χ1) is 14.0. The average Bonchev–Trinajstić information content (AvgIpc) is 3.14. The van der Waals surface area contributed by atoms with Crippen molar-refractivity contribution in [3.8, 4) is 22.7 Å². The second-order valence-corrected chi connectivity index (χ2v) is 6.59. The molecule has 1 N–H and O–H groups in total. The molecular formula is C21H18FN5O2. The highest BCUT2D eigenvalue weighted by Crippen LogP contribution is 2.28. The molecule has 0 aliphatic heterocycles. The van der Waals surface area contributed by atoms with Crippen molar-refractivity contribution in [2.75, 3.05) is 0 Å². The van der Waals surface area contributed by atoms with Crippen LogP contribution in [0.1, 0.15) is 16.7 Å². The summed E-state index contributed by atoms with van der Waals surface area (Å²) >= 11 is 0. The summed E-state index contributed by atoms with van der Waals surface area (Å²) in [5.74, 6) is 0.287. The van der Waals surface area contributed by atoms with Crippen LogP contribution in [0.15, 0.2) is 59.5 Å². The zero-order valence-corrected chi connectivity index (χ0v) is 15.9. The van der Waals surface area contributed by atoms with Gasteiger partial charge >= 0.3 is 5.69 Å². The molecule has 0 unspecified atom stereocenters. The second kappa shape index (κ2) is 7.67. The molecule has 0 spiro atoms. The summed E-state index contributed by atoms with van der Waals surface area (Å²) in [6.07, 6.45) is 1.56. The number of H-pyrrole nitrogens is 1. The highest BCUT2D eigenvalue weighted by molar-refractivity contribution is 5.62. The Bertz CT molecular complexity index is 1230. The minimum atomic E-state index is -0.422. The average molecular weight is 391 g/mol. The molecule has 146 valence electrons. The lowest BCUT2D eigenvalue weighted by Crippen LogP contribution is -2.18. The third-order valence-corrected chi connectivity index (χ3v) is 4.66. The van der Waals surface area contributed by atoms with Crippen LogP contribution in [-0.2, 0) is 6.61 Å². The molecule has 4 rings (SSSR count). The number of halogens is 1. The van der Waals surface area contributed by atoms with E-state index in [1.165, 1.54) is 10.7 Å². The molecule has 2 aromatic heterocycles. The number of tetrazole rings is 1. The number of rotatable bonds is 5. The predicted molar refractivity (Wildman–Crippen MR) is 105 cm³/mol. The van der Waals surface area contributed by atoms with Crippen molar-refractivity contribution < 1.29 is 9.13 Å². The fourth-order valence-electron chi connectivity index (χ4n) is 3.14. The Morgan fingerprint density at radius 3 is 2.69 bits per heavy atom. The summed E-state index contributed by atoms with van der Waals surface area (Å²) in [7, 11) is 0. The van der Waals surface area contributed by atoms with Gasteiger partial charge in [0.25, 0.3) is 0 Å². The Kier molecular flexibility index (Phi) is 4.90. The Labute approximate surface area is 165 Å². The molecule has 29 heavy (non-hydrogen) atoms. The summed E-state index contributed by atoms with van der Waals surface area (Å²) in [6, 6.07) is 13.9.